The Labute approximate surface area is 150 Å². The molecule has 2 aromatic rings. The maximum Gasteiger partial charge on any atom is 0.228 e. The normalized spacial score (nSPS) is 14.5. The van der Waals surface area contributed by atoms with Crippen LogP contribution in [0, 0.1) is 5.82 Å². The Bertz CT molecular complexity index is 729. The molecule has 24 heavy (non-hydrogen) atoms. The largest absolute Gasteiger partial charge is 0.370 e. The quantitative estimate of drug-likeness (QED) is 0.815. The standard InChI is InChI=1S/C19H20BrFN2O/c20-16-7-3-2-6-14(16)12-19(24)22-17-13-15(21)8-9-18(17)23-10-4-1-5-11-23/h2-3,6-9,13H,1,4-5,10-12H2,(H,22,24). The fourth-order valence-corrected chi connectivity index (χ4v) is 3.45. The van der Waals surface area contributed by atoms with Gasteiger partial charge in [0.2, 0.25) is 5.91 Å². The number of amides is 1. The van der Waals surface area contributed by atoms with Crippen LogP contribution in [-0.2, 0) is 11.2 Å². The van der Waals surface area contributed by atoms with Crippen molar-refractivity contribution in [2.45, 2.75) is 25.7 Å². The molecule has 0 spiro atoms. The highest BCUT2D eigenvalue weighted by atomic mass is 79.9. The van der Waals surface area contributed by atoms with Gasteiger partial charge in [0.25, 0.3) is 0 Å². The molecule has 1 aliphatic heterocycles. The number of halogens is 2. The summed E-state index contributed by atoms with van der Waals surface area (Å²) in [5.41, 5.74) is 2.36. The molecule has 1 heterocycles. The third kappa shape index (κ3) is 4.15. The van der Waals surface area contributed by atoms with Crippen LogP contribution in [0.2, 0.25) is 0 Å². The van der Waals surface area contributed by atoms with Gasteiger partial charge in [0.05, 0.1) is 17.8 Å². The molecule has 1 saturated heterocycles. The minimum atomic E-state index is -0.341. The van der Waals surface area contributed by atoms with E-state index in [0.29, 0.717) is 5.69 Å². The number of nitrogens with one attached hydrogen (secondary N) is 1. The Hall–Kier alpha value is -1.88. The first-order chi connectivity index (χ1) is 11.6. The zero-order valence-corrected chi connectivity index (χ0v) is 15.0. The van der Waals surface area contributed by atoms with E-state index >= 15 is 0 Å². The molecule has 0 aromatic heterocycles. The minimum absolute atomic E-state index is 0.147. The van der Waals surface area contributed by atoms with E-state index in [-0.39, 0.29) is 18.1 Å². The summed E-state index contributed by atoms with van der Waals surface area (Å²) in [6.07, 6.45) is 3.72. The zero-order valence-electron chi connectivity index (χ0n) is 13.4. The predicted molar refractivity (Wildman–Crippen MR) is 98.9 cm³/mol. The van der Waals surface area contributed by atoms with Gasteiger partial charge in [-0.2, -0.15) is 0 Å². The van der Waals surface area contributed by atoms with Crippen LogP contribution in [0.5, 0.6) is 0 Å². The van der Waals surface area contributed by atoms with E-state index in [1.165, 1.54) is 18.6 Å². The molecule has 2 aromatic carbocycles. The van der Waals surface area contributed by atoms with Crippen LogP contribution in [0.25, 0.3) is 0 Å². The van der Waals surface area contributed by atoms with Crippen LogP contribution in [-0.4, -0.2) is 19.0 Å². The number of hydrogen-bond donors (Lipinski definition) is 1. The molecule has 1 fully saturated rings. The molecule has 1 N–H and O–H groups in total. The molecule has 0 atom stereocenters. The number of hydrogen-bond acceptors (Lipinski definition) is 2. The summed E-state index contributed by atoms with van der Waals surface area (Å²) in [4.78, 5) is 14.6. The Morgan fingerprint density at radius 1 is 1.12 bits per heavy atom. The number of nitrogens with zero attached hydrogens (tertiary/aromatic N) is 1. The van der Waals surface area contributed by atoms with Crippen LogP contribution in [0.3, 0.4) is 0 Å². The topological polar surface area (TPSA) is 32.3 Å². The average molecular weight is 391 g/mol. The van der Waals surface area contributed by atoms with Crippen LogP contribution in [0.4, 0.5) is 15.8 Å². The summed E-state index contributed by atoms with van der Waals surface area (Å²) in [6, 6.07) is 12.2. The lowest BCUT2D eigenvalue weighted by Gasteiger charge is -2.30. The molecule has 1 amide bonds. The van der Waals surface area contributed by atoms with Gasteiger partial charge < -0.3 is 10.2 Å². The summed E-state index contributed by atoms with van der Waals surface area (Å²) < 4.78 is 14.6. The van der Waals surface area contributed by atoms with Crippen molar-refractivity contribution in [3.05, 3.63) is 58.3 Å². The van der Waals surface area contributed by atoms with Crippen molar-refractivity contribution >= 4 is 33.2 Å². The number of rotatable bonds is 4. The fourth-order valence-electron chi connectivity index (χ4n) is 3.03. The second-order valence-electron chi connectivity index (χ2n) is 6.03. The number of carbonyl (C=O) groups excluding carboxylic acids is 1. The Morgan fingerprint density at radius 2 is 1.88 bits per heavy atom. The lowest BCUT2D eigenvalue weighted by Crippen LogP contribution is -2.30. The third-order valence-corrected chi connectivity index (χ3v) is 5.01. The van der Waals surface area contributed by atoms with Gasteiger partial charge in [0, 0.05) is 17.6 Å². The van der Waals surface area contributed by atoms with Crippen molar-refractivity contribution in [1.82, 2.24) is 0 Å². The first kappa shape index (κ1) is 17.0. The third-order valence-electron chi connectivity index (χ3n) is 4.24. The highest BCUT2D eigenvalue weighted by molar-refractivity contribution is 9.10. The van der Waals surface area contributed by atoms with E-state index in [0.717, 1.165) is 41.7 Å². The van der Waals surface area contributed by atoms with Gasteiger partial charge in [-0.05, 0) is 49.1 Å². The second-order valence-corrected chi connectivity index (χ2v) is 6.88. The van der Waals surface area contributed by atoms with Crippen molar-refractivity contribution in [1.29, 1.82) is 0 Å². The zero-order chi connectivity index (χ0) is 16.9. The van der Waals surface area contributed by atoms with Crippen LogP contribution in [0.15, 0.2) is 46.9 Å². The Morgan fingerprint density at radius 3 is 2.62 bits per heavy atom. The van der Waals surface area contributed by atoms with E-state index in [1.54, 1.807) is 6.07 Å². The van der Waals surface area contributed by atoms with E-state index in [4.69, 9.17) is 0 Å². The highest BCUT2D eigenvalue weighted by Gasteiger charge is 2.17. The number of piperidine rings is 1. The van der Waals surface area contributed by atoms with Crippen molar-refractivity contribution in [3.63, 3.8) is 0 Å². The van der Waals surface area contributed by atoms with Crippen molar-refractivity contribution in [3.8, 4) is 0 Å². The van der Waals surface area contributed by atoms with E-state index < -0.39 is 0 Å². The predicted octanol–water partition coefficient (Wildman–Crippen LogP) is 4.76. The van der Waals surface area contributed by atoms with Crippen molar-refractivity contribution in [2.24, 2.45) is 0 Å². The fraction of sp³-hybridized carbons (Fsp3) is 0.316. The first-order valence-electron chi connectivity index (χ1n) is 8.21. The first-order valence-corrected chi connectivity index (χ1v) is 9.00. The molecule has 126 valence electrons. The maximum absolute atomic E-state index is 13.7. The molecule has 0 bridgehead atoms. The highest BCUT2D eigenvalue weighted by Crippen LogP contribution is 2.29. The van der Waals surface area contributed by atoms with Gasteiger partial charge in [0.15, 0.2) is 0 Å². The molecule has 0 saturated carbocycles. The second kappa shape index (κ2) is 7.79. The van der Waals surface area contributed by atoms with Crippen molar-refractivity contribution in [2.75, 3.05) is 23.3 Å². The van der Waals surface area contributed by atoms with Gasteiger partial charge >= 0.3 is 0 Å². The maximum atomic E-state index is 13.7. The number of carbonyl (C=O) groups is 1. The molecule has 0 aliphatic carbocycles. The number of benzene rings is 2. The molecule has 0 unspecified atom stereocenters. The summed E-state index contributed by atoms with van der Waals surface area (Å²) in [5, 5.41) is 2.88. The molecule has 3 nitrogen and oxygen atoms in total. The van der Waals surface area contributed by atoms with Crippen LogP contribution < -0.4 is 10.2 Å². The van der Waals surface area contributed by atoms with E-state index in [9.17, 15) is 9.18 Å². The van der Waals surface area contributed by atoms with Gasteiger partial charge in [-0.3, -0.25) is 4.79 Å². The van der Waals surface area contributed by atoms with E-state index in [1.807, 2.05) is 24.3 Å². The van der Waals surface area contributed by atoms with Crippen LogP contribution in [0.1, 0.15) is 24.8 Å². The molecule has 1 aliphatic rings. The molecule has 3 rings (SSSR count). The molecular weight excluding hydrogens is 371 g/mol. The van der Waals surface area contributed by atoms with Gasteiger partial charge in [-0.15, -0.1) is 0 Å². The van der Waals surface area contributed by atoms with Gasteiger partial charge in [0.1, 0.15) is 5.82 Å². The number of anilines is 2. The van der Waals surface area contributed by atoms with Gasteiger partial charge in [-0.25, -0.2) is 4.39 Å². The summed E-state index contributed by atoms with van der Waals surface area (Å²) in [6.45, 7) is 1.89. The lowest BCUT2D eigenvalue weighted by molar-refractivity contribution is -0.115. The van der Waals surface area contributed by atoms with E-state index in [2.05, 4.69) is 26.1 Å². The average Bonchev–Trinajstić information content (AvgIpc) is 2.58. The summed E-state index contributed by atoms with van der Waals surface area (Å²) in [5.74, 6) is -0.488. The summed E-state index contributed by atoms with van der Waals surface area (Å²) >= 11 is 3.45. The smallest absolute Gasteiger partial charge is 0.228 e. The van der Waals surface area contributed by atoms with Crippen molar-refractivity contribution < 1.29 is 9.18 Å². The minimum Gasteiger partial charge on any atom is -0.370 e. The monoisotopic (exact) mass is 390 g/mol. The molecule has 5 heteroatoms. The Balaban J connectivity index is 1.77. The summed E-state index contributed by atoms with van der Waals surface area (Å²) in [7, 11) is 0. The SMILES string of the molecule is O=C(Cc1ccccc1Br)Nc1cc(F)ccc1N1CCCCC1. The van der Waals surface area contributed by atoms with Crippen LogP contribution >= 0.6 is 15.9 Å². The molecular formula is C19H20BrFN2O. The van der Waals surface area contributed by atoms with Gasteiger partial charge in [-0.1, -0.05) is 34.1 Å². The lowest BCUT2D eigenvalue weighted by atomic mass is 10.1. The Kier molecular flexibility index (Phi) is 5.51. The molecule has 0 radical (unpaired) electrons.